The van der Waals surface area contributed by atoms with Crippen LogP contribution in [0.25, 0.3) is 0 Å². The lowest BCUT2D eigenvalue weighted by atomic mass is 10.2. The van der Waals surface area contributed by atoms with Crippen molar-refractivity contribution in [1.82, 2.24) is 5.32 Å². The molecule has 0 aromatic heterocycles. The van der Waals surface area contributed by atoms with Crippen molar-refractivity contribution >= 4 is 33.4 Å². The van der Waals surface area contributed by atoms with E-state index in [9.17, 15) is 4.79 Å². The number of rotatable bonds is 4. The summed E-state index contributed by atoms with van der Waals surface area (Å²) in [4.78, 5) is 11.7. The number of hydrogen-bond donors (Lipinski definition) is 2. The second-order valence-electron chi connectivity index (χ2n) is 3.39. The minimum Gasteiger partial charge on any atom is -0.394 e. The van der Waals surface area contributed by atoms with Crippen molar-refractivity contribution in [2.24, 2.45) is 0 Å². The molecule has 0 heterocycles. The van der Waals surface area contributed by atoms with Crippen LogP contribution >= 0.6 is 27.5 Å². The molecule has 1 amide bonds. The molecule has 16 heavy (non-hydrogen) atoms. The minimum atomic E-state index is -0.227. The van der Waals surface area contributed by atoms with Crippen LogP contribution in [0.5, 0.6) is 0 Å². The molecule has 0 radical (unpaired) electrons. The lowest BCUT2D eigenvalue weighted by Gasteiger charge is -2.14. The summed E-state index contributed by atoms with van der Waals surface area (Å²) in [5.41, 5.74) is 0.486. The van der Waals surface area contributed by atoms with Gasteiger partial charge in [-0.2, -0.15) is 0 Å². The van der Waals surface area contributed by atoms with E-state index in [1.807, 2.05) is 6.92 Å². The number of aliphatic hydroxyl groups is 1. The van der Waals surface area contributed by atoms with E-state index in [-0.39, 0.29) is 18.6 Å². The first-order chi connectivity index (χ1) is 7.58. The number of halogens is 2. The second kappa shape index (κ2) is 6.23. The number of amides is 1. The highest BCUT2D eigenvalue weighted by atomic mass is 79.9. The molecule has 1 rings (SSSR count). The second-order valence-corrected chi connectivity index (χ2v) is 4.65. The lowest BCUT2D eigenvalue weighted by molar-refractivity contribution is 0.0915. The van der Waals surface area contributed by atoms with Crippen molar-refractivity contribution in [3.8, 4) is 0 Å². The fourth-order valence-corrected chi connectivity index (χ4v) is 1.61. The Balaban J connectivity index is 2.76. The topological polar surface area (TPSA) is 49.3 Å². The largest absolute Gasteiger partial charge is 0.394 e. The first-order valence-electron chi connectivity index (χ1n) is 4.95. The molecule has 0 aliphatic carbocycles. The summed E-state index contributed by atoms with van der Waals surface area (Å²) in [6.07, 6.45) is 0.687. The van der Waals surface area contributed by atoms with Crippen molar-refractivity contribution in [3.63, 3.8) is 0 Å². The molecule has 0 saturated carbocycles. The molecule has 2 N–H and O–H groups in total. The van der Waals surface area contributed by atoms with E-state index in [1.54, 1.807) is 18.2 Å². The molecule has 0 bridgehead atoms. The zero-order chi connectivity index (χ0) is 12.1. The normalized spacial score (nSPS) is 12.2. The summed E-state index contributed by atoms with van der Waals surface area (Å²) in [5.74, 6) is -0.227. The van der Waals surface area contributed by atoms with E-state index in [2.05, 4.69) is 21.2 Å². The van der Waals surface area contributed by atoms with E-state index in [4.69, 9.17) is 16.7 Å². The van der Waals surface area contributed by atoms with E-state index < -0.39 is 0 Å². The number of carbonyl (C=O) groups excluding carboxylic acids is 1. The SMILES string of the molecule is CCC(CO)NC(=O)c1ccc(Br)c(Cl)c1. The smallest absolute Gasteiger partial charge is 0.251 e. The summed E-state index contributed by atoms with van der Waals surface area (Å²) >= 11 is 9.14. The molecular weight excluding hydrogens is 293 g/mol. The zero-order valence-electron chi connectivity index (χ0n) is 8.84. The summed E-state index contributed by atoms with van der Waals surface area (Å²) in [7, 11) is 0. The van der Waals surface area contributed by atoms with Crippen LogP contribution in [0.15, 0.2) is 22.7 Å². The number of aliphatic hydroxyl groups excluding tert-OH is 1. The van der Waals surface area contributed by atoms with Crippen molar-refractivity contribution in [1.29, 1.82) is 0 Å². The van der Waals surface area contributed by atoms with Crippen LogP contribution in [0, 0.1) is 0 Å². The number of carbonyl (C=O) groups is 1. The minimum absolute atomic E-state index is 0.0630. The van der Waals surface area contributed by atoms with Gasteiger partial charge in [-0.15, -0.1) is 0 Å². The predicted octanol–water partition coefficient (Wildman–Crippen LogP) is 2.60. The van der Waals surface area contributed by atoms with Gasteiger partial charge in [0.15, 0.2) is 0 Å². The van der Waals surface area contributed by atoms with Gasteiger partial charge in [-0.25, -0.2) is 0 Å². The Kier molecular flexibility index (Phi) is 5.25. The van der Waals surface area contributed by atoms with Gasteiger partial charge in [-0.05, 0) is 40.5 Å². The number of hydrogen-bond acceptors (Lipinski definition) is 2. The molecular formula is C11H13BrClNO2. The van der Waals surface area contributed by atoms with Gasteiger partial charge >= 0.3 is 0 Å². The Bertz CT molecular complexity index is 380. The first-order valence-corrected chi connectivity index (χ1v) is 6.12. The average Bonchev–Trinajstić information content (AvgIpc) is 2.29. The van der Waals surface area contributed by atoms with Crippen molar-refractivity contribution < 1.29 is 9.90 Å². The molecule has 0 fully saturated rings. The van der Waals surface area contributed by atoms with Crippen molar-refractivity contribution in [2.75, 3.05) is 6.61 Å². The van der Waals surface area contributed by atoms with Gasteiger partial charge < -0.3 is 10.4 Å². The van der Waals surface area contributed by atoms with Crippen LogP contribution in [0.2, 0.25) is 5.02 Å². The van der Waals surface area contributed by atoms with E-state index in [0.717, 1.165) is 4.47 Å². The Morgan fingerprint density at radius 2 is 2.31 bits per heavy atom. The summed E-state index contributed by atoms with van der Waals surface area (Å²) < 4.78 is 0.750. The van der Waals surface area contributed by atoms with Crippen LogP contribution in [0.1, 0.15) is 23.7 Å². The van der Waals surface area contributed by atoms with Gasteiger partial charge in [-0.3, -0.25) is 4.79 Å². The van der Waals surface area contributed by atoms with E-state index in [0.29, 0.717) is 17.0 Å². The van der Waals surface area contributed by atoms with E-state index in [1.165, 1.54) is 0 Å². The van der Waals surface area contributed by atoms with Gasteiger partial charge in [-0.1, -0.05) is 18.5 Å². The molecule has 5 heteroatoms. The highest BCUT2D eigenvalue weighted by molar-refractivity contribution is 9.10. The highest BCUT2D eigenvalue weighted by Crippen LogP contribution is 2.23. The Morgan fingerprint density at radius 1 is 1.62 bits per heavy atom. The molecule has 88 valence electrons. The fourth-order valence-electron chi connectivity index (χ4n) is 1.18. The predicted molar refractivity (Wildman–Crippen MR) is 67.8 cm³/mol. The quantitative estimate of drug-likeness (QED) is 0.898. The fraction of sp³-hybridized carbons (Fsp3) is 0.364. The Hall–Kier alpha value is -0.580. The Morgan fingerprint density at radius 3 is 2.81 bits per heavy atom. The molecule has 0 saturated heterocycles. The van der Waals surface area contributed by atoms with Crippen LogP contribution in [0.3, 0.4) is 0 Å². The molecule has 1 unspecified atom stereocenters. The van der Waals surface area contributed by atoms with Crippen LogP contribution in [0.4, 0.5) is 0 Å². The molecule has 1 atom stereocenters. The monoisotopic (exact) mass is 305 g/mol. The van der Waals surface area contributed by atoms with Gasteiger partial charge in [0, 0.05) is 10.0 Å². The van der Waals surface area contributed by atoms with Crippen LogP contribution in [-0.2, 0) is 0 Å². The van der Waals surface area contributed by atoms with E-state index >= 15 is 0 Å². The number of nitrogens with one attached hydrogen (secondary N) is 1. The summed E-state index contributed by atoms with van der Waals surface area (Å²) in [5, 5.41) is 12.2. The third-order valence-electron chi connectivity index (χ3n) is 2.23. The summed E-state index contributed by atoms with van der Waals surface area (Å²) in [6, 6.07) is 4.77. The van der Waals surface area contributed by atoms with Crippen LogP contribution in [-0.4, -0.2) is 23.7 Å². The third kappa shape index (κ3) is 3.47. The first kappa shape index (κ1) is 13.5. The lowest BCUT2D eigenvalue weighted by Crippen LogP contribution is -2.36. The number of benzene rings is 1. The summed E-state index contributed by atoms with van der Waals surface area (Å²) in [6.45, 7) is 1.84. The Labute approximate surface area is 108 Å². The molecule has 0 aliphatic rings. The average molecular weight is 307 g/mol. The van der Waals surface area contributed by atoms with Gasteiger partial charge in [0.05, 0.1) is 17.7 Å². The zero-order valence-corrected chi connectivity index (χ0v) is 11.2. The molecule has 0 spiro atoms. The van der Waals surface area contributed by atoms with Gasteiger partial charge in [0.2, 0.25) is 0 Å². The molecule has 1 aromatic carbocycles. The van der Waals surface area contributed by atoms with Crippen molar-refractivity contribution in [3.05, 3.63) is 33.3 Å². The maximum atomic E-state index is 11.7. The van der Waals surface area contributed by atoms with Crippen LogP contribution < -0.4 is 5.32 Å². The van der Waals surface area contributed by atoms with Crippen molar-refractivity contribution in [2.45, 2.75) is 19.4 Å². The molecule has 0 aliphatic heterocycles. The maximum Gasteiger partial charge on any atom is 0.251 e. The highest BCUT2D eigenvalue weighted by Gasteiger charge is 2.12. The molecule has 1 aromatic rings. The standard InChI is InChI=1S/C11H13BrClNO2/c1-2-8(6-15)14-11(16)7-3-4-9(12)10(13)5-7/h3-5,8,15H,2,6H2,1H3,(H,14,16). The maximum absolute atomic E-state index is 11.7. The van der Waals surface area contributed by atoms with Gasteiger partial charge in [0.1, 0.15) is 0 Å². The molecule has 3 nitrogen and oxygen atoms in total. The third-order valence-corrected chi connectivity index (χ3v) is 3.46. The van der Waals surface area contributed by atoms with Gasteiger partial charge in [0.25, 0.3) is 5.91 Å².